The SMILES string of the molecule is O=C([O-])[O-].O=C([O-])[O-].O=[Si]=O.O=[Si]=O.[K+].[K+].[Li+].[Li+]. The molecule has 0 spiro atoms. The number of hydrogen-bond donors (Lipinski definition) is 0. The summed E-state index contributed by atoms with van der Waals surface area (Å²) in [6.45, 7) is 0. The average Bonchev–Trinajstić information content (AvgIpc) is 1.85. The minimum atomic E-state index is -2.33. The predicted molar refractivity (Wildman–Crippen MR) is 25.0 cm³/mol. The Morgan fingerprint density at radius 1 is 0.611 bits per heavy atom. The number of carbonyl (C=O) groups excluding carboxylic acids is 2. The quantitative estimate of drug-likeness (QED) is 0.384. The summed E-state index contributed by atoms with van der Waals surface area (Å²) in [5, 5.41) is 33.3. The van der Waals surface area contributed by atoms with E-state index in [1.54, 1.807) is 0 Å². The van der Waals surface area contributed by atoms with Crippen LogP contribution < -0.4 is 161 Å². The first-order valence-corrected chi connectivity index (χ1v) is 3.67. The van der Waals surface area contributed by atoms with Gasteiger partial charge in [-0.05, 0) is 12.3 Å². The average molecular weight is 332 g/mol. The predicted octanol–water partition coefficient (Wildman–Crippen LogP) is -18.1. The number of carboxylic acid groups (broad SMARTS) is 4. The van der Waals surface area contributed by atoms with Crippen molar-refractivity contribution < 1.29 is 188 Å². The molecule has 0 fully saturated rings. The van der Waals surface area contributed by atoms with Gasteiger partial charge in [0.2, 0.25) is 0 Å². The van der Waals surface area contributed by atoms with Crippen LogP contribution in [0.1, 0.15) is 0 Å². The molecule has 0 unspecified atom stereocenters. The minimum absolute atomic E-state index is 0. The Bertz CT molecular complexity index is 194. The molecule has 0 radical (unpaired) electrons. The zero-order valence-corrected chi connectivity index (χ0v) is 18.3. The van der Waals surface area contributed by atoms with Gasteiger partial charge in [-0.15, -0.1) is 0 Å². The summed E-state index contributed by atoms with van der Waals surface area (Å²) in [5.74, 6) is 0. The van der Waals surface area contributed by atoms with E-state index in [4.69, 9.17) is 47.9 Å². The van der Waals surface area contributed by atoms with Gasteiger partial charge in [0, 0.05) is 0 Å². The van der Waals surface area contributed by atoms with Crippen LogP contribution in [0.25, 0.3) is 0 Å². The standard InChI is InChI=1S/2CH2O3.2K.2Li.2O2Si/c2*2-1(3)4;;;;;2*1-3-2/h2*(H2,2,3,4);;;;;;/q;;4*+1;;/p-4. The van der Waals surface area contributed by atoms with Crippen LogP contribution in [0.2, 0.25) is 0 Å². The molecule has 0 N–H and O–H groups in total. The Labute approximate surface area is 214 Å². The molecule has 0 atom stereocenters. The summed E-state index contributed by atoms with van der Waals surface area (Å²) in [5.41, 5.74) is 0. The first-order valence-electron chi connectivity index (χ1n) is 2.04. The third-order valence-electron chi connectivity index (χ3n) is 0. The second-order valence-corrected chi connectivity index (χ2v) is 1.00. The second-order valence-electron chi connectivity index (χ2n) is 0.667. The summed E-state index contributed by atoms with van der Waals surface area (Å²) >= 11 is 0. The van der Waals surface area contributed by atoms with E-state index in [-0.39, 0.29) is 140 Å². The third kappa shape index (κ3) is 832. The van der Waals surface area contributed by atoms with Crippen LogP contribution in [0.5, 0.6) is 0 Å². The Morgan fingerprint density at radius 2 is 0.611 bits per heavy atom. The molecule has 0 aliphatic carbocycles. The van der Waals surface area contributed by atoms with E-state index in [9.17, 15) is 0 Å². The molecule has 0 aromatic carbocycles. The van der Waals surface area contributed by atoms with Crippen molar-refractivity contribution in [2.45, 2.75) is 0 Å². The van der Waals surface area contributed by atoms with Gasteiger partial charge >= 0.3 is 159 Å². The van der Waals surface area contributed by atoms with E-state index < -0.39 is 30.9 Å². The fourth-order valence-electron chi connectivity index (χ4n) is 0. The minimum Gasteiger partial charge on any atom is -0.652 e. The zero-order valence-electron chi connectivity index (χ0n) is 10.1. The Morgan fingerprint density at radius 3 is 0.611 bits per heavy atom. The van der Waals surface area contributed by atoms with Crippen LogP contribution in [0.15, 0.2) is 0 Å². The molecule has 0 saturated carbocycles. The van der Waals surface area contributed by atoms with E-state index in [0.29, 0.717) is 0 Å². The van der Waals surface area contributed by atoms with Crippen LogP contribution in [0.4, 0.5) is 9.59 Å². The number of carbonyl (C=O) groups is 2. The smallest absolute Gasteiger partial charge is 0.652 e. The van der Waals surface area contributed by atoms with Gasteiger partial charge in [-0.25, -0.2) is 0 Å². The molecule has 0 aliphatic rings. The molecule has 0 amide bonds. The molecule has 0 saturated heterocycles. The zero-order chi connectivity index (χ0) is 12.6. The summed E-state index contributed by atoms with van der Waals surface area (Å²) in [7, 11) is -2.83. The van der Waals surface area contributed by atoms with Crippen LogP contribution in [0, 0.1) is 0 Å². The van der Waals surface area contributed by atoms with Gasteiger partial charge in [-0.1, -0.05) is 0 Å². The van der Waals surface area contributed by atoms with Crippen LogP contribution in [0.3, 0.4) is 0 Å². The van der Waals surface area contributed by atoms with Crippen molar-refractivity contribution in [1.29, 1.82) is 0 Å². The van der Waals surface area contributed by atoms with E-state index in [2.05, 4.69) is 0 Å². The Hall–Kier alpha value is 2.64. The van der Waals surface area contributed by atoms with Crippen LogP contribution in [-0.2, 0) is 17.8 Å². The summed E-state index contributed by atoms with van der Waals surface area (Å²) in [4.78, 5) is 16.7. The van der Waals surface area contributed by atoms with Gasteiger partial charge in [0.05, 0.1) is 0 Å². The van der Waals surface area contributed by atoms with Gasteiger partial charge in [0.15, 0.2) is 0 Å². The largest absolute Gasteiger partial charge is 1.00 e. The van der Waals surface area contributed by atoms with Gasteiger partial charge in [0.25, 0.3) is 0 Å². The van der Waals surface area contributed by atoms with Crippen molar-refractivity contribution in [1.82, 2.24) is 0 Å². The van der Waals surface area contributed by atoms with Gasteiger partial charge in [0.1, 0.15) is 0 Å². The summed E-state index contributed by atoms with van der Waals surface area (Å²) in [6, 6.07) is 0. The van der Waals surface area contributed by atoms with Gasteiger partial charge < -0.3 is 30.0 Å². The molecule has 0 aromatic rings. The molecule has 16 heteroatoms. The van der Waals surface area contributed by atoms with Crippen molar-refractivity contribution in [2.75, 3.05) is 0 Å². The maximum atomic E-state index is 8.40. The van der Waals surface area contributed by atoms with Crippen molar-refractivity contribution in [3.8, 4) is 0 Å². The Kier molecular flexibility index (Phi) is 167. The summed E-state index contributed by atoms with van der Waals surface area (Å²) < 4.78 is 33.6. The first kappa shape index (κ1) is 49.8. The van der Waals surface area contributed by atoms with Crippen molar-refractivity contribution in [2.24, 2.45) is 0 Å². The molecule has 0 aliphatic heterocycles. The van der Waals surface area contributed by atoms with Gasteiger partial charge in [-0.2, -0.15) is 0 Å². The molecule has 80 valence electrons. The van der Waals surface area contributed by atoms with Crippen molar-refractivity contribution in [3.63, 3.8) is 0 Å². The number of rotatable bonds is 0. The normalized spacial score (nSPS) is 3.56. The molecule has 0 heterocycles. The van der Waals surface area contributed by atoms with E-state index in [1.165, 1.54) is 0 Å². The maximum Gasteiger partial charge on any atom is 1.00 e. The van der Waals surface area contributed by atoms with E-state index >= 15 is 0 Å². The van der Waals surface area contributed by atoms with Crippen molar-refractivity contribution in [3.05, 3.63) is 0 Å². The van der Waals surface area contributed by atoms with Crippen LogP contribution >= 0.6 is 0 Å². The topological polar surface area (TPSA) is 195 Å². The van der Waals surface area contributed by atoms with E-state index in [1.807, 2.05) is 0 Å². The molecule has 0 bridgehead atoms. The van der Waals surface area contributed by atoms with Crippen molar-refractivity contribution >= 4 is 30.9 Å². The van der Waals surface area contributed by atoms with Crippen LogP contribution in [-0.4, -0.2) is 30.9 Å². The fraction of sp³-hybridized carbons (Fsp3) is 0. The molecule has 0 aromatic heterocycles. The molecule has 18 heavy (non-hydrogen) atoms. The molecular formula is C2K2Li2O10Si2. The monoisotopic (exact) mass is 332 g/mol. The van der Waals surface area contributed by atoms with Gasteiger partial charge in [-0.3, -0.25) is 17.8 Å². The molecule has 10 nitrogen and oxygen atoms in total. The molecule has 0 rings (SSSR count). The Balaban J connectivity index is -0.0000000116. The second kappa shape index (κ2) is 60.3. The maximum absolute atomic E-state index is 8.40. The fourth-order valence-corrected chi connectivity index (χ4v) is 0. The number of hydrogen-bond acceptors (Lipinski definition) is 10. The third-order valence-corrected chi connectivity index (χ3v) is 0. The van der Waals surface area contributed by atoms with E-state index in [0.717, 1.165) is 0 Å². The molecular weight excluding hydrogens is 332 g/mol. The summed E-state index contributed by atoms with van der Waals surface area (Å²) in [6.07, 6.45) is -4.67. The first-order chi connectivity index (χ1) is 6.29.